The van der Waals surface area contributed by atoms with Crippen molar-refractivity contribution in [2.45, 2.75) is 32.9 Å². The summed E-state index contributed by atoms with van der Waals surface area (Å²) < 4.78 is 2.92. The van der Waals surface area contributed by atoms with Gasteiger partial charge in [-0.2, -0.15) is 0 Å². The summed E-state index contributed by atoms with van der Waals surface area (Å²) in [7, 11) is 0. The van der Waals surface area contributed by atoms with Gasteiger partial charge in [-0.15, -0.1) is 0 Å². The smallest absolute Gasteiger partial charge is 0.268 e. The van der Waals surface area contributed by atoms with Gasteiger partial charge in [0.15, 0.2) is 0 Å². The van der Waals surface area contributed by atoms with Crippen LogP contribution in [0.3, 0.4) is 0 Å². The van der Waals surface area contributed by atoms with Crippen LogP contribution in [0.5, 0.6) is 0 Å². The SMILES string of the molecule is CCCn1cc(Br)cc1C(=O)N[C@H](C)c1ccccc1. The molecule has 0 unspecified atom stereocenters. The first-order valence-electron chi connectivity index (χ1n) is 6.83. The highest BCUT2D eigenvalue weighted by Gasteiger charge is 2.15. The summed E-state index contributed by atoms with van der Waals surface area (Å²) in [5.74, 6) is -0.0412. The Morgan fingerprint density at radius 2 is 2.05 bits per heavy atom. The van der Waals surface area contributed by atoms with Crippen LogP contribution in [0.4, 0.5) is 0 Å². The number of rotatable bonds is 5. The zero-order valence-corrected chi connectivity index (χ0v) is 13.4. The molecule has 0 bridgehead atoms. The Balaban J connectivity index is 2.12. The van der Waals surface area contributed by atoms with E-state index in [-0.39, 0.29) is 11.9 Å². The molecule has 1 aromatic carbocycles. The van der Waals surface area contributed by atoms with Gasteiger partial charge in [-0.25, -0.2) is 0 Å². The molecule has 1 amide bonds. The normalized spacial score (nSPS) is 12.2. The van der Waals surface area contributed by atoms with Crippen molar-refractivity contribution in [2.75, 3.05) is 0 Å². The van der Waals surface area contributed by atoms with E-state index in [4.69, 9.17) is 0 Å². The second-order valence-electron chi connectivity index (χ2n) is 4.84. The number of carbonyl (C=O) groups excluding carboxylic acids is 1. The van der Waals surface area contributed by atoms with Crippen LogP contribution in [-0.4, -0.2) is 10.5 Å². The maximum Gasteiger partial charge on any atom is 0.268 e. The number of hydrogen-bond acceptors (Lipinski definition) is 1. The van der Waals surface area contributed by atoms with E-state index >= 15 is 0 Å². The van der Waals surface area contributed by atoms with Gasteiger partial charge < -0.3 is 9.88 Å². The van der Waals surface area contributed by atoms with E-state index in [0.717, 1.165) is 23.0 Å². The molecule has 4 heteroatoms. The molecule has 2 rings (SSSR count). The van der Waals surface area contributed by atoms with Crippen molar-refractivity contribution in [3.63, 3.8) is 0 Å². The molecule has 1 heterocycles. The van der Waals surface area contributed by atoms with Gasteiger partial charge in [-0.1, -0.05) is 37.3 Å². The maximum absolute atomic E-state index is 12.4. The van der Waals surface area contributed by atoms with E-state index in [1.807, 2.05) is 54.1 Å². The highest BCUT2D eigenvalue weighted by atomic mass is 79.9. The van der Waals surface area contributed by atoms with Crippen molar-refractivity contribution >= 4 is 21.8 Å². The third-order valence-corrected chi connectivity index (χ3v) is 3.64. The number of hydrogen-bond donors (Lipinski definition) is 1. The zero-order chi connectivity index (χ0) is 14.5. The maximum atomic E-state index is 12.4. The highest BCUT2D eigenvalue weighted by molar-refractivity contribution is 9.10. The van der Waals surface area contributed by atoms with Crippen molar-refractivity contribution in [1.82, 2.24) is 9.88 Å². The average Bonchev–Trinajstić information content (AvgIpc) is 2.81. The molecule has 2 aromatic rings. The van der Waals surface area contributed by atoms with Gasteiger partial charge in [0, 0.05) is 17.2 Å². The van der Waals surface area contributed by atoms with Crippen LogP contribution in [0.25, 0.3) is 0 Å². The summed E-state index contributed by atoms with van der Waals surface area (Å²) in [4.78, 5) is 12.4. The number of benzene rings is 1. The summed E-state index contributed by atoms with van der Waals surface area (Å²) in [6.07, 6.45) is 2.95. The number of nitrogens with zero attached hydrogens (tertiary/aromatic N) is 1. The van der Waals surface area contributed by atoms with E-state index in [1.54, 1.807) is 0 Å². The minimum atomic E-state index is -0.0412. The molecule has 1 aromatic heterocycles. The minimum Gasteiger partial charge on any atom is -0.344 e. The van der Waals surface area contributed by atoms with Crippen LogP contribution >= 0.6 is 15.9 Å². The Morgan fingerprint density at radius 1 is 1.35 bits per heavy atom. The molecule has 0 aliphatic heterocycles. The predicted molar refractivity (Wildman–Crippen MR) is 84.7 cm³/mol. The molecule has 0 aliphatic carbocycles. The lowest BCUT2D eigenvalue weighted by Crippen LogP contribution is -2.28. The number of carbonyl (C=O) groups is 1. The Kier molecular flexibility index (Phi) is 5.01. The highest BCUT2D eigenvalue weighted by Crippen LogP contribution is 2.17. The molecule has 1 N–H and O–H groups in total. The third kappa shape index (κ3) is 3.51. The molecular formula is C16H19BrN2O. The fourth-order valence-electron chi connectivity index (χ4n) is 2.19. The van der Waals surface area contributed by atoms with E-state index in [1.165, 1.54) is 0 Å². The molecule has 0 saturated carbocycles. The summed E-state index contributed by atoms with van der Waals surface area (Å²) in [5, 5.41) is 3.04. The molecule has 0 aliphatic rings. The lowest BCUT2D eigenvalue weighted by atomic mass is 10.1. The molecule has 0 fully saturated rings. The van der Waals surface area contributed by atoms with Crippen molar-refractivity contribution in [2.24, 2.45) is 0 Å². The van der Waals surface area contributed by atoms with E-state index in [2.05, 4.69) is 28.2 Å². The first-order chi connectivity index (χ1) is 9.61. The van der Waals surface area contributed by atoms with Gasteiger partial charge in [-0.3, -0.25) is 4.79 Å². The van der Waals surface area contributed by atoms with Gasteiger partial charge in [0.25, 0.3) is 5.91 Å². The number of aryl methyl sites for hydroxylation is 1. The fourth-order valence-corrected chi connectivity index (χ4v) is 2.65. The second kappa shape index (κ2) is 6.75. The molecule has 1 atom stereocenters. The summed E-state index contributed by atoms with van der Waals surface area (Å²) in [6, 6.07) is 11.8. The molecule has 3 nitrogen and oxygen atoms in total. The Morgan fingerprint density at radius 3 is 2.70 bits per heavy atom. The molecule has 106 valence electrons. The third-order valence-electron chi connectivity index (χ3n) is 3.21. The van der Waals surface area contributed by atoms with Gasteiger partial charge in [0.1, 0.15) is 5.69 Å². The Hall–Kier alpha value is -1.55. The number of halogens is 1. The Labute approximate surface area is 128 Å². The molecule has 0 radical (unpaired) electrons. The van der Waals surface area contributed by atoms with Crippen LogP contribution in [0.15, 0.2) is 47.1 Å². The first kappa shape index (κ1) is 14.9. The zero-order valence-electron chi connectivity index (χ0n) is 11.8. The van der Waals surface area contributed by atoms with Crippen LogP contribution < -0.4 is 5.32 Å². The summed E-state index contributed by atoms with van der Waals surface area (Å²) >= 11 is 3.43. The average molecular weight is 335 g/mol. The lowest BCUT2D eigenvalue weighted by molar-refractivity contribution is 0.0930. The monoisotopic (exact) mass is 334 g/mol. The Bertz CT molecular complexity index is 577. The van der Waals surface area contributed by atoms with Gasteiger partial charge in [-0.05, 0) is 40.9 Å². The van der Waals surface area contributed by atoms with Crippen molar-refractivity contribution in [3.05, 3.63) is 58.3 Å². The first-order valence-corrected chi connectivity index (χ1v) is 7.62. The van der Waals surface area contributed by atoms with Gasteiger partial charge in [0.2, 0.25) is 0 Å². The molecular weight excluding hydrogens is 316 g/mol. The quantitative estimate of drug-likeness (QED) is 0.875. The molecule has 0 saturated heterocycles. The van der Waals surface area contributed by atoms with E-state index < -0.39 is 0 Å². The topological polar surface area (TPSA) is 34.0 Å². The van der Waals surface area contributed by atoms with Crippen molar-refractivity contribution in [3.8, 4) is 0 Å². The number of nitrogens with one attached hydrogen (secondary N) is 1. The van der Waals surface area contributed by atoms with Gasteiger partial charge >= 0.3 is 0 Å². The summed E-state index contributed by atoms with van der Waals surface area (Å²) in [5.41, 5.74) is 1.80. The van der Waals surface area contributed by atoms with E-state index in [0.29, 0.717) is 5.69 Å². The van der Waals surface area contributed by atoms with Crippen molar-refractivity contribution in [1.29, 1.82) is 0 Å². The van der Waals surface area contributed by atoms with Crippen LogP contribution in [0.2, 0.25) is 0 Å². The second-order valence-corrected chi connectivity index (χ2v) is 5.76. The van der Waals surface area contributed by atoms with Crippen molar-refractivity contribution < 1.29 is 4.79 Å². The predicted octanol–water partition coefficient (Wildman–Crippen LogP) is 4.15. The molecule has 0 spiro atoms. The largest absolute Gasteiger partial charge is 0.344 e. The standard InChI is InChI=1S/C16H19BrN2O/c1-3-9-19-11-14(17)10-15(19)16(20)18-12(2)13-7-5-4-6-8-13/h4-8,10-12H,3,9H2,1-2H3,(H,18,20)/t12-/m1/s1. The molecule has 20 heavy (non-hydrogen) atoms. The number of amides is 1. The van der Waals surface area contributed by atoms with Gasteiger partial charge in [0.05, 0.1) is 6.04 Å². The lowest BCUT2D eigenvalue weighted by Gasteiger charge is -2.15. The van der Waals surface area contributed by atoms with Crippen LogP contribution in [0.1, 0.15) is 42.4 Å². The fraction of sp³-hybridized carbons (Fsp3) is 0.312. The van der Waals surface area contributed by atoms with Crippen LogP contribution in [-0.2, 0) is 6.54 Å². The minimum absolute atomic E-state index is 0.00699. The number of aromatic nitrogens is 1. The summed E-state index contributed by atoms with van der Waals surface area (Å²) in [6.45, 7) is 4.94. The van der Waals surface area contributed by atoms with E-state index in [9.17, 15) is 4.79 Å². The van der Waals surface area contributed by atoms with Crippen LogP contribution in [0, 0.1) is 0 Å².